The lowest BCUT2D eigenvalue weighted by atomic mass is 9.90. The number of para-hydroxylation sites is 1. The predicted molar refractivity (Wildman–Crippen MR) is 131 cm³/mol. The van der Waals surface area contributed by atoms with Gasteiger partial charge in [-0.2, -0.15) is 0 Å². The van der Waals surface area contributed by atoms with Gasteiger partial charge < -0.3 is 15.1 Å². The molecule has 0 bridgehead atoms. The summed E-state index contributed by atoms with van der Waals surface area (Å²) >= 11 is 0. The lowest BCUT2D eigenvalue weighted by Gasteiger charge is -2.36. The molecular weight excluding hydrogens is 396 g/mol. The molecule has 3 aromatic heterocycles. The van der Waals surface area contributed by atoms with Crippen LogP contribution < -0.4 is 15.1 Å². The Morgan fingerprint density at radius 1 is 0.938 bits per heavy atom. The van der Waals surface area contributed by atoms with E-state index in [1.807, 2.05) is 24.5 Å². The summed E-state index contributed by atoms with van der Waals surface area (Å²) in [5.74, 6) is 0. The van der Waals surface area contributed by atoms with Gasteiger partial charge in [0.1, 0.15) is 5.52 Å². The van der Waals surface area contributed by atoms with Crippen LogP contribution >= 0.6 is 0 Å². The first-order valence-electron chi connectivity index (χ1n) is 11.5. The van der Waals surface area contributed by atoms with Gasteiger partial charge in [0.05, 0.1) is 41.0 Å². The molecule has 4 aromatic rings. The van der Waals surface area contributed by atoms with Crippen molar-refractivity contribution >= 4 is 33.3 Å². The molecule has 1 N–H and O–H groups in total. The van der Waals surface area contributed by atoms with E-state index in [1.165, 1.54) is 37.1 Å². The maximum absolute atomic E-state index is 5.15. The van der Waals surface area contributed by atoms with Crippen LogP contribution in [0.1, 0.15) is 25.7 Å². The number of hydrogen-bond acceptors (Lipinski definition) is 6. The number of nitrogens with zero attached hydrogens (tertiary/aromatic N) is 5. The number of pyridine rings is 3. The molecule has 6 rings (SSSR count). The summed E-state index contributed by atoms with van der Waals surface area (Å²) in [6.07, 6.45) is 8.79. The van der Waals surface area contributed by atoms with E-state index in [4.69, 9.17) is 9.97 Å². The van der Waals surface area contributed by atoms with Crippen LogP contribution in [0.25, 0.3) is 33.2 Å². The zero-order valence-corrected chi connectivity index (χ0v) is 18.6. The van der Waals surface area contributed by atoms with Crippen molar-refractivity contribution in [2.75, 3.05) is 30.6 Å². The van der Waals surface area contributed by atoms with E-state index >= 15 is 0 Å². The molecule has 2 aliphatic rings. The summed E-state index contributed by atoms with van der Waals surface area (Å²) in [6, 6.07) is 15.7. The Morgan fingerprint density at radius 2 is 1.75 bits per heavy atom. The molecule has 6 heteroatoms. The number of nitrogens with one attached hydrogen (secondary N) is 1. The van der Waals surface area contributed by atoms with Gasteiger partial charge in [-0.05, 0) is 57.0 Å². The molecule has 1 aromatic carbocycles. The van der Waals surface area contributed by atoms with Crippen LogP contribution in [-0.2, 0) is 0 Å². The van der Waals surface area contributed by atoms with Crippen molar-refractivity contribution in [3.63, 3.8) is 0 Å². The van der Waals surface area contributed by atoms with Gasteiger partial charge in [0, 0.05) is 36.3 Å². The second-order valence-corrected chi connectivity index (χ2v) is 9.08. The highest BCUT2D eigenvalue weighted by Gasteiger charge is 2.34. The van der Waals surface area contributed by atoms with Crippen molar-refractivity contribution in [2.45, 2.75) is 37.8 Å². The van der Waals surface area contributed by atoms with E-state index in [-0.39, 0.29) is 0 Å². The molecule has 6 nitrogen and oxygen atoms in total. The van der Waals surface area contributed by atoms with E-state index in [1.54, 1.807) is 0 Å². The molecular formula is C26H28N6. The van der Waals surface area contributed by atoms with E-state index in [0.717, 1.165) is 39.9 Å². The summed E-state index contributed by atoms with van der Waals surface area (Å²) in [6.45, 7) is 0.897. The lowest BCUT2D eigenvalue weighted by molar-refractivity contribution is 0.347. The monoisotopic (exact) mass is 424 g/mol. The predicted octanol–water partition coefficient (Wildman–Crippen LogP) is 4.59. The lowest BCUT2D eigenvalue weighted by Crippen LogP contribution is -2.42. The summed E-state index contributed by atoms with van der Waals surface area (Å²) in [5.41, 5.74) is 7.34. The maximum Gasteiger partial charge on any atom is 0.115 e. The zero-order chi connectivity index (χ0) is 21.7. The molecule has 0 radical (unpaired) electrons. The number of rotatable bonds is 3. The minimum absolute atomic E-state index is 0.543. The number of benzene rings is 1. The minimum atomic E-state index is 0.543. The Morgan fingerprint density at radius 3 is 2.59 bits per heavy atom. The first-order chi connectivity index (χ1) is 15.7. The van der Waals surface area contributed by atoms with Crippen molar-refractivity contribution in [2.24, 2.45) is 0 Å². The molecule has 0 amide bonds. The van der Waals surface area contributed by atoms with Crippen LogP contribution in [0.5, 0.6) is 0 Å². The average molecular weight is 425 g/mol. The molecule has 0 spiro atoms. The second-order valence-electron chi connectivity index (χ2n) is 9.08. The van der Waals surface area contributed by atoms with Crippen LogP contribution in [0.15, 0.2) is 54.9 Å². The van der Waals surface area contributed by atoms with E-state index < -0.39 is 0 Å². The van der Waals surface area contributed by atoms with Crippen molar-refractivity contribution in [1.82, 2.24) is 20.3 Å². The number of aromatic nitrogens is 3. The van der Waals surface area contributed by atoms with Crippen molar-refractivity contribution in [1.29, 1.82) is 0 Å². The van der Waals surface area contributed by atoms with Gasteiger partial charge in [-0.25, -0.2) is 4.98 Å². The first kappa shape index (κ1) is 19.4. The molecule has 1 saturated carbocycles. The first-order valence-corrected chi connectivity index (χ1v) is 11.5. The molecule has 0 saturated heterocycles. The third-order valence-corrected chi connectivity index (χ3v) is 7.16. The summed E-state index contributed by atoms with van der Waals surface area (Å²) < 4.78 is 0. The van der Waals surface area contributed by atoms with E-state index in [0.29, 0.717) is 12.1 Å². The van der Waals surface area contributed by atoms with Crippen LogP contribution in [0.2, 0.25) is 0 Å². The largest absolute Gasteiger partial charge is 0.354 e. The number of anilines is 2. The highest BCUT2D eigenvalue weighted by atomic mass is 15.4. The number of fused-ring (bicyclic) bond motifs is 4. The summed E-state index contributed by atoms with van der Waals surface area (Å²) in [5, 5.41) is 4.58. The Bertz CT molecular complexity index is 1290. The second kappa shape index (κ2) is 7.71. The smallest absolute Gasteiger partial charge is 0.115 e. The van der Waals surface area contributed by atoms with Gasteiger partial charge in [-0.15, -0.1) is 0 Å². The molecule has 1 fully saturated rings. The topological polar surface area (TPSA) is 57.2 Å². The Kier molecular flexibility index (Phi) is 4.68. The van der Waals surface area contributed by atoms with Gasteiger partial charge in [0.15, 0.2) is 0 Å². The van der Waals surface area contributed by atoms with Gasteiger partial charge >= 0.3 is 0 Å². The average Bonchev–Trinajstić information content (AvgIpc) is 3.20. The van der Waals surface area contributed by atoms with Crippen LogP contribution in [0, 0.1) is 0 Å². The summed E-state index contributed by atoms with van der Waals surface area (Å²) in [7, 11) is 4.23. The van der Waals surface area contributed by atoms with Gasteiger partial charge in [-0.1, -0.05) is 18.2 Å². The standard InChI is InChI=1S/C26H28N6/c1-27-19-7-9-20(10-8-19)32-16-31(2)24-15-29-23-12-11-22(30-25(23)26(24)32)18-13-17-5-3-4-6-21(17)28-14-18/h3-6,11-15,19-20,27H,7-10,16H2,1-2H3. The molecule has 0 atom stereocenters. The minimum Gasteiger partial charge on any atom is -0.354 e. The third-order valence-electron chi connectivity index (χ3n) is 7.16. The van der Waals surface area contributed by atoms with Gasteiger partial charge in [-0.3, -0.25) is 9.97 Å². The highest BCUT2D eigenvalue weighted by Crippen LogP contribution is 2.43. The Labute approximate surface area is 188 Å². The third kappa shape index (κ3) is 3.17. The SMILES string of the molecule is CNC1CCC(N2CN(C)c3cnc4ccc(-c5cnc6ccccc6c5)nc4c32)CC1. The van der Waals surface area contributed by atoms with Crippen molar-refractivity contribution < 1.29 is 0 Å². The van der Waals surface area contributed by atoms with Crippen molar-refractivity contribution in [3.8, 4) is 11.3 Å². The highest BCUT2D eigenvalue weighted by molar-refractivity contribution is 5.99. The summed E-state index contributed by atoms with van der Waals surface area (Å²) in [4.78, 5) is 19.4. The van der Waals surface area contributed by atoms with E-state index in [9.17, 15) is 0 Å². The Balaban J connectivity index is 1.44. The van der Waals surface area contributed by atoms with Crippen LogP contribution in [0.4, 0.5) is 11.4 Å². The molecule has 0 unspecified atom stereocenters. The van der Waals surface area contributed by atoms with E-state index in [2.05, 4.69) is 64.5 Å². The zero-order valence-electron chi connectivity index (χ0n) is 18.6. The fourth-order valence-electron chi connectivity index (χ4n) is 5.33. The molecule has 1 aliphatic carbocycles. The van der Waals surface area contributed by atoms with Crippen LogP contribution in [-0.4, -0.2) is 47.8 Å². The normalized spacial score (nSPS) is 20.8. The maximum atomic E-state index is 5.15. The molecule has 32 heavy (non-hydrogen) atoms. The molecule has 162 valence electrons. The van der Waals surface area contributed by atoms with Gasteiger partial charge in [0.25, 0.3) is 0 Å². The quantitative estimate of drug-likeness (QED) is 0.519. The van der Waals surface area contributed by atoms with Gasteiger partial charge in [0.2, 0.25) is 0 Å². The molecule has 4 heterocycles. The number of hydrogen-bond donors (Lipinski definition) is 1. The van der Waals surface area contributed by atoms with Crippen LogP contribution in [0.3, 0.4) is 0 Å². The fourth-order valence-corrected chi connectivity index (χ4v) is 5.33. The van der Waals surface area contributed by atoms with Crippen molar-refractivity contribution in [3.05, 3.63) is 54.9 Å². The Hall–Kier alpha value is -3.25. The molecule has 1 aliphatic heterocycles. The fraction of sp³-hybridized carbons (Fsp3) is 0.346.